The van der Waals surface area contributed by atoms with Crippen molar-refractivity contribution in [2.45, 2.75) is 32.2 Å². The molecule has 0 radical (unpaired) electrons. The van der Waals surface area contributed by atoms with Crippen LogP contribution in [-0.4, -0.2) is 30.4 Å². The summed E-state index contributed by atoms with van der Waals surface area (Å²) in [5.41, 5.74) is 1.19. The van der Waals surface area contributed by atoms with Crippen LogP contribution in [0.1, 0.15) is 37.8 Å². The van der Waals surface area contributed by atoms with E-state index >= 15 is 0 Å². The van der Waals surface area contributed by atoms with Crippen LogP contribution in [0.25, 0.3) is 10.8 Å². The Morgan fingerprint density at radius 1 is 1.09 bits per heavy atom. The third-order valence-corrected chi connectivity index (χ3v) is 4.48. The number of likely N-dealkylation sites (tertiary alicyclic amines) is 1. The average Bonchev–Trinajstić information content (AvgIpc) is 2.55. The second-order valence-corrected chi connectivity index (χ2v) is 6.19. The van der Waals surface area contributed by atoms with Crippen LogP contribution >= 0.6 is 0 Å². The van der Waals surface area contributed by atoms with Gasteiger partial charge in [-0.2, -0.15) is 0 Å². The summed E-state index contributed by atoms with van der Waals surface area (Å²) in [5.74, 6) is 0.127. The molecule has 1 N–H and O–H groups in total. The molecule has 1 fully saturated rings. The molecule has 2 aromatic rings. The summed E-state index contributed by atoms with van der Waals surface area (Å²) in [4.78, 5) is 14.5. The molecule has 116 valence electrons. The molecular weight excluding hydrogens is 272 g/mol. The van der Waals surface area contributed by atoms with Crippen LogP contribution < -0.4 is 5.32 Å². The molecule has 1 aliphatic heterocycles. The molecule has 3 nitrogen and oxygen atoms in total. The third-order valence-electron chi connectivity index (χ3n) is 4.48. The van der Waals surface area contributed by atoms with Crippen LogP contribution in [0.3, 0.4) is 0 Å². The lowest BCUT2D eigenvalue weighted by atomic mass is 10.00. The van der Waals surface area contributed by atoms with Gasteiger partial charge in [0, 0.05) is 0 Å². The minimum Gasteiger partial charge on any atom is -0.348 e. The maximum Gasteiger partial charge on any atom is 0.234 e. The van der Waals surface area contributed by atoms with Crippen LogP contribution in [0.15, 0.2) is 42.5 Å². The van der Waals surface area contributed by atoms with E-state index in [1.165, 1.54) is 35.6 Å². The highest BCUT2D eigenvalue weighted by molar-refractivity contribution is 5.87. The highest BCUT2D eigenvalue weighted by Crippen LogP contribution is 2.24. The summed E-state index contributed by atoms with van der Waals surface area (Å²) in [7, 11) is 0. The van der Waals surface area contributed by atoms with Crippen molar-refractivity contribution >= 4 is 16.7 Å². The number of carbonyl (C=O) groups is 1. The van der Waals surface area contributed by atoms with E-state index in [-0.39, 0.29) is 11.9 Å². The average molecular weight is 296 g/mol. The number of piperidine rings is 1. The van der Waals surface area contributed by atoms with Crippen molar-refractivity contribution in [2.75, 3.05) is 19.6 Å². The quantitative estimate of drug-likeness (QED) is 0.936. The second kappa shape index (κ2) is 6.93. The summed E-state index contributed by atoms with van der Waals surface area (Å²) in [5, 5.41) is 5.59. The van der Waals surface area contributed by atoms with Crippen molar-refractivity contribution in [3.63, 3.8) is 0 Å². The fourth-order valence-electron chi connectivity index (χ4n) is 3.31. The zero-order valence-corrected chi connectivity index (χ0v) is 13.2. The predicted molar refractivity (Wildman–Crippen MR) is 90.8 cm³/mol. The minimum atomic E-state index is 0.0309. The predicted octanol–water partition coefficient (Wildman–Crippen LogP) is 3.50. The Balaban J connectivity index is 1.67. The Bertz CT molecular complexity index is 641. The van der Waals surface area contributed by atoms with Gasteiger partial charge in [0.2, 0.25) is 5.91 Å². The van der Waals surface area contributed by atoms with Crippen LogP contribution in [0.4, 0.5) is 0 Å². The number of nitrogens with zero attached hydrogens (tertiary/aromatic N) is 1. The van der Waals surface area contributed by atoms with Gasteiger partial charge in [-0.25, -0.2) is 0 Å². The molecule has 1 amide bonds. The molecule has 1 unspecified atom stereocenters. The molecule has 0 aliphatic carbocycles. The second-order valence-electron chi connectivity index (χ2n) is 6.19. The highest BCUT2D eigenvalue weighted by Gasteiger charge is 2.16. The van der Waals surface area contributed by atoms with Crippen molar-refractivity contribution in [3.05, 3.63) is 48.0 Å². The minimum absolute atomic E-state index is 0.0309. The molecule has 22 heavy (non-hydrogen) atoms. The molecule has 2 aromatic carbocycles. The monoisotopic (exact) mass is 296 g/mol. The number of carbonyl (C=O) groups excluding carboxylic acids is 1. The largest absolute Gasteiger partial charge is 0.348 e. The van der Waals surface area contributed by atoms with E-state index in [1.807, 2.05) is 12.1 Å². The molecule has 0 bridgehead atoms. The number of hydrogen-bond donors (Lipinski definition) is 1. The molecule has 1 aliphatic rings. The molecule has 3 heteroatoms. The summed E-state index contributed by atoms with van der Waals surface area (Å²) >= 11 is 0. The number of hydrogen-bond acceptors (Lipinski definition) is 2. The maximum absolute atomic E-state index is 12.3. The van der Waals surface area contributed by atoms with Gasteiger partial charge in [-0.15, -0.1) is 0 Å². The molecule has 0 saturated carbocycles. The number of nitrogens with one attached hydrogen (secondary N) is 1. The van der Waals surface area contributed by atoms with E-state index in [4.69, 9.17) is 0 Å². The van der Waals surface area contributed by atoms with Gasteiger partial charge in [0.1, 0.15) is 0 Å². The molecule has 1 atom stereocenters. The van der Waals surface area contributed by atoms with E-state index in [1.54, 1.807) is 0 Å². The van der Waals surface area contributed by atoms with Gasteiger partial charge in [-0.1, -0.05) is 48.9 Å². The molecular formula is C19H24N2O. The number of benzene rings is 2. The first-order valence-electron chi connectivity index (χ1n) is 8.23. The Hall–Kier alpha value is -1.87. The molecule has 1 saturated heterocycles. The Kier molecular flexibility index (Phi) is 4.74. The van der Waals surface area contributed by atoms with Gasteiger partial charge in [-0.3, -0.25) is 9.69 Å². The number of fused-ring (bicyclic) bond motifs is 1. The van der Waals surface area contributed by atoms with Crippen LogP contribution in [0.5, 0.6) is 0 Å². The van der Waals surface area contributed by atoms with Crippen molar-refractivity contribution in [1.29, 1.82) is 0 Å². The van der Waals surface area contributed by atoms with Gasteiger partial charge in [-0.05, 0) is 49.2 Å². The van der Waals surface area contributed by atoms with Gasteiger partial charge in [0.15, 0.2) is 0 Å². The Morgan fingerprint density at radius 2 is 1.82 bits per heavy atom. The molecule has 3 rings (SSSR count). The standard InChI is InChI=1S/C19H24N2O/c1-15(20-19(22)14-21-12-5-2-6-13-21)17-11-7-9-16-8-3-4-10-18(16)17/h3-4,7-11,15H,2,5-6,12-14H2,1H3,(H,20,22). The van der Waals surface area contributed by atoms with E-state index in [2.05, 4.69) is 47.5 Å². The van der Waals surface area contributed by atoms with Crippen molar-refractivity contribution < 1.29 is 4.79 Å². The normalized spacial score (nSPS) is 17.3. The van der Waals surface area contributed by atoms with E-state index in [0.717, 1.165) is 13.1 Å². The van der Waals surface area contributed by atoms with E-state index in [0.29, 0.717) is 6.54 Å². The lowest BCUT2D eigenvalue weighted by molar-refractivity contribution is -0.123. The first kappa shape index (κ1) is 15.0. The molecule has 0 aromatic heterocycles. The Morgan fingerprint density at radius 3 is 2.64 bits per heavy atom. The SMILES string of the molecule is CC(NC(=O)CN1CCCCC1)c1cccc2ccccc12. The fraction of sp³-hybridized carbons (Fsp3) is 0.421. The van der Waals surface area contributed by atoms with Crippen LogP contribution in [0.2, 0.25) is 0 Å². The lowest BCUT2D eigenvalue weighted by Crippen LogP contribution is -2.40. The van der Waals surface area contributed by atoms with Gasteiger partial charge in [0.05, 0.1) is 12.6 Å². The Labute approximate surface area is 132 Å². The van der Waals surface area contributed by atoms with Crippen molar-refractivity contribution in [1.82, 2.24) is 10.2 Å². The van der Waals surface area contributed by atoms with E-state index in [9.17, 15) is 4.79 Å². The van der Waals surface area contributed by atoms with Crippen molar-refractivity contribution in [2.24, 2.45) is 0 Å². The summed E-state index contributed by atoms with van der Waals surface area (Å²) in [6.07, 6.45) is 3.73. The molecule has 1 heterocycles. The summed E-state index contributed by atoms with van der Waals surface area (Å²) < 4.78 is 0. The molecule has 0 spiro atoms. The van der Waals surface area contributed by atoms with Crippen LogP contribution in [-0.2, 0) is 4.79 Å². The number of rotatable bonds is 4. The maximum atomic E-state index is 12.3. The lowest BCUT2D eigenvalue weighted by Gasteiger charge is -2.26. The zero-order valence-electron chi connectivity index (χ0n) is 13.2. The summed E-state index contributed by atoms with van der Waals surface area (Å²) in [6.45, 7) is 4.69. The third kappa shape index (κ3) is 3.47. The summed E-state index contributed by atoms with van der Waals surface area (Å²) in [6, 6.07) is 14.6. The van der Waals surface area contributed by atoms with Gasteiger partial charge in [0.25, 0.3) is 0 Å². The highest BCUT2D eigenvalue weighted by atomic mass is 16.2. The topological polar surface area (TPSA) is 32.3 Å². The van der Waals surface area contributed by atoms with Gasteiger partial charge >= 0.3 is 0 Å². The van der Waals surface area contributed by atoms with Gasteiger partial charge < -0.3 is 5.32 Å². The first-order valence-corrected chi connectivity index (χ1v) is 8.23. The number of amides is 1. The zero-order chi connectivity index (χ0) is 15.4. The van der Waals surface area contributed by atoms with Crippen molar-refractivity contribution in [3.8, 4) is 0 Å². The van der Waals surface area contributed by atoms with E-state index < -0.39 is 0 Å². The smallest absolute Gasteiger partial charge is 0.234 e. The first-order chi connectivity index (χ1) is 10.7. The fourth-order valence-corrected chi connectivity index (χ4v) is 3.31. The van der Waals surface area contributed by atoms with Crippen LogP contribution in [0, 0.1) is 0 Å².